The highest BCUT2D eigenvalue weighted by molar-refractivity contribution is 4.80. The van der Waals surface area contributed by atoms with Gasteiger partial charge in [-0.25, -0.2) is 0 Å². The Morgan fingerprint density at radius 2 is 2.21 bits per heavy atom. The van der Waals surface area contributed by atoms with Crippen molar-refractivity contribution in [1.82, 2.24) is 0 Å². The Morgan fingerprint density at radius 1 is 1.50 bits per heavy atom. The summed E-state index contributed by atoms with van der Waals surface area (Å²) in [6.07, 6.45) is 5.39. The highest BCUT2D eigenvalue weighted by Crippen LogP contribution is 2.33. The molecule has 0 saturated carbocycles. The maximum absolute atomic E-state index is 5.85. The molecule has 1 saturated heterocycles. The first-order valence-electron chi connectivity index (χ1n) is 5.90. The van der Waals surface area contributed by atoms with Crippen LogP contribution in [0.3, 0.4) is 0 Å². The number of hydrogen-bond acceptors (Lipinski definition) is 2. The Kier molecular flexibility index (Phi) is 4.39. The molecule has 2 atom stereocenters. The quantitative estimate of drug-likeness (QED) is 0.738. The monoisotopic (exact) mass is 199 g/mol. The van der Waals surface area contributed by atoms with E-state index in [0.717, 1.165) is 13.2 Å². The van der Waals surface area contributed by atoms with Crippen LogP contribution in [0.15, 0.2) is 0 Å². The van der Waals surface area contributed by atoms with Gasteiger partial charge in [-0.1, -0.05) is 20.8 Å². The zero-order chi connectivity index (χ0) is 10.6. The van der Waals surface area contributed by atoms with Crippen molar-refractivity contribution in [1.29, 1.82) is 0 Å². The molecule has 1 heterocycles. The average Bonchev–Trinajstić information content (AvgIpc) is 2.66. The first kappa shape index (κ1) is 12.0. The van der Waals surface area contributed by atoms with E-state index in [2.05, 4.69) is 20.8 Å². The van der Waals surface area contributed by atoms with Crippen LogP contribution in [0, 0.1) is 11.3 Å². The molecule has 84 valence electrons. The van der Waals surface area contributed by atoms with Crippen molar-refractivity contribution >= 4 is 0 Å². The van der Waals surface area contributed by atoms with E-state index in [1.54, 1.807) is 0 Å². The Balaban J connectivity index is 2.32. The van der Waals surface area contributed by atoms with E-state index in [1.165, 1.54) is 25.7 Å². The van der Waals surface area contributed by atoms with Crippen LogP contribution < -0.4 is 5.73 Å². The molecular formula is C12H25NO. The van der Waals surface area contributed by atoms with E-state index in [1.807, 2.05) is 0 Å². The van der Waals surface area contributed by atoms with Crippen molar-refractivity contribution in [2.45, 2.75) is 52.6 Å². The molecular weight excluding hydrogens is 174 g/mol. The lowest BCUT2D eigenvalue weighted by Gasteiger charge is -2.33. The molecule has 1 fully saturated rings. The number of nitrogens with two attached hydrogens (primary N) is 1. The van der Waals surface area contributed by atoms with Crippen molar-refractivity contribution in [3.05, 3.63) is 0 Å². The third-order valence-corrected chi connectivity index (χ3v) is 3.92. The van der Waals surface area contributed by atoms with E-state index in [4.69, 9.17) is 10.5 Å². The summed E-state index contributed by atoms with van der Waals surface area (Å²) in [6.45, 7) is 8.58. The molecule has 1 rings (SSSR count). The molecule has 0 aromatic heterocycles. The van der Waals surface area contributed by atoms with Crippen molar-refractivity contribution in [2.75, 3.05) is 13.2 Å². The lowest BCUT2D eigenvalue weighted by molar-refractivity contribution is 0.0822. The first-order valence-corrected chi connectivity index (χ1v) is 5.90. The summed E-state index contributed by atoms with van der Waals surface area (Å²) in [5, 5.41) is 0. The smallest absolute Gasteiger partial charge is 0.0576 e. The van der Waals surface area contributed by atoms with Gasteiger partial charge in [-0.3, -0.25) is 0 Å². The van der Waals surface area contributed by atoms with Crippen LogP contribution in [-0.4, -0.2) is 19.3 Å². The summed E-state index contributed by atoms with van der Waals surface area (Å²) < 4.78 is 5.63. The molecule has 0 aliphatic carbocycles. The van der Waals surface area contributed by atoms with Gasteiger partial charge in [0.25, 0.3) is 0 Å². The molecule has 0 spiro atoms. The predicted octanol–water partition coefficient (Wildman–Crippen LogP) is 2.57. The van der Waals surface area contributed by atoms with Gasteiger partial charge in [0.15, 0.2) is 0 Å². The van der Waals surface area contributed by atoms with Crippen LogP contribution in [0.4, 0.5) is 0 Å². The molecule has 0 aromatic carbocycles. The normalized spacial score (nSPS) is 26.8. The van der Waals surface area contributed by atoms with E-state index in [9.17, 15) is 0 Å². The SMILES string of the molecule is CC(C)C(C)(CN)CCC1CCCO1. The zero-order valence-corrected chi connectivity index (χ0v) is 9.88. The molecule has 2 heteroatoms. The third-order valence-electron chi connectivity index (χ3n) is 3.92. The highest BCUT2D eigenvalue weighted by atomic mass is 16.5. The largest absolute Gasteiger partial charge is 0.378 e. The molecule has 14 heavy (non-hydrogen) atoms. The molecule has 0 radical (unpaired) electrons. The minimum atomic E-state index is 0.298. The summed E-state index contributed by atoms with van der Waals surface area (Å²) in [6, 6.07) is 0. The maximum atomic E-state index is 5.85. The molecule has 0 amide bonds. The summed E-state index contributed by atoms with van der Waals surface area (Å²) >= 11 is 0. The first-order chi connectivity index (χ1) is 6.58. The molecule has 2 unspecified atom stereocenters. The van der Waals surface area contributed by atoms with Gasteiger partial charge in [-0.05, 0) is 43.6 Å². The molecule has 1 aliphatic rings. The van der Waals surface area contributed by atoms with Crippen LogP contribution in [0.5, 0.6) is 0 Å². The Hall–Kier alpha value is -0.0800. The minimum absolute atomic E-state index is 0.298. The summed E-state index contributed by atoms with van der Waals surface area (Å²) in [7, 11) is 0. The van der Waals surface area contributed by atoms with Crippen molar-refractivity contribution in [2.24, 2.45) is 17.1 Å². The Labute approximate surface area is 88.2 Å². The fourth-order valence-electron chi connectivity index (χ4n) is 1.99. The minimum Gasteiger partial charge on any atom is -0.378 e. The summed E-state index contributed by atoms with van der Waals surface area (Å²) in [5.41, 5.74) is 6.15. The highest BCUT2D eigenvalue weighted by Gasteiger charge is 2.28. The van der Waals surface area contributed by atoms with Gasteiger partial charge in [0.2, 0.25) is 0 Å². The van der Waals surface area contributed by atoms with E-state index in [-0.39, 0.29) is 0 Å². The van der Waals surface area contributed by atoms with Gasteiger partial charge in [0.05, 0.1) is 6.10 Å². The molecule has 0 aromatic rings. The second kappa shape index (κ2) is 5.13. The van der Waals surface area contributed by atoms with Crippen molar-refractivity contribution < 1.29 is 4.74 Å². The summed E-state index contributed by atoms with van der Waals surface area (Å²) in [4.78, 5) is 0. The lowest BCUT2D eigenvalue weighted by atomic mass is 9.75. The van der Waals surface area contributed by atoms with E-state index >= 15 is 0 Å². The van der Waals surface area contributed by atoms with E-state index in [0.29, 0.717) is 17.4 Å². The molecule has 0 bridgehead atoms. The maximum Gasteiger partial charge on any atom is 0.0576 e. The topological polar surface area (TPSA) is 35.2 Å². The van der Waals surface area contributed by atoms with Crippen molar-refractivity contribution in [3.8, 4) is 0 Å². The van der Waals surface area contributed by atoms with Gasteiger partial charge in [0.1, 0.15) is 0 Å². The van der Waals surface area contributed by atoms with E-state index < -0.39 is 0 Å². The number of rotatable bonds is 5. The standard InChI is InChI=1S/C12H25NO/c1-10(2)12(3,9-13)7-6-11-5-4-8-14-11/h10-11H,4-9,13H2,1-3H3. The fourth-order valence-corrected chi connectivity index (χ4v) is 1.99. The van der Waals surface area contributed by atoms with Gasteiger partial charge in [-0.2, -0.15) is 0 Å². The lowest BCUT2D eigenvalue weighted by Crippen LogP contribution is -2.33. The molecule has 1 aliphatic heterocycles. The number of ether oxygens (including phenoxy) is 1. The van der Waals surface area contributed by atoms with Crippen LogP contribution in [-0.2, 0) is 4.74 Å². The number of hydrogen-bond donors (Lipinski definition) is 1. The third kappa shape index (κ3) is 2.96. The van der Waals surface area contributed by atoms with Crippen LogP contribution >= 0.6 is 0 Å². The zero-order valence-electron chi connectivity index (χ0n) is 9.88. The molecule has 2 nitrogen and oxygen atoms in total. The second-order valence-electron chi connectivity index (χ2n) is 5.19. The second-order valence-corrected chi connectivity index (χ2v) is 5.19. The van der Waals surface area contributed by atoms with Gasteiger partial charge in [-0.15, -0.1) is 0 Å². The average molecular weight is 199 g/mol. The molecule has 2 N–H and O–H groups in total. The Morgan fingerprint density at radius 3 is 2.64 bits per heavy atom. The van der Waals surface area contributed by atoms with Gasteiger partial charge < -0.3 is 10.5 Å². The van der Waals surface area contributed by atoms with Gasteiger partial charge >= 0.3 is 0 Å². The van der Waals surface area contributed by atoms with Crippen molar-refractivity contribution in [3.63, 3.8) is 0 Å². The summed E-state index contributed by atoms with van der Waals surface area (Å²) in [5.74, 6) is 0.661. The fraction of sp³-hybridized carbons (Fsp3) is 1.00. The van der Waals surface area contributed by atoms with Crippen LogP contribution in [0.1, 0.15) is 46.5 Å². The Bertz CT molecular complexity index is 164. The van der Waals surface area contributed by atoms with Crippen LogP contribution in [0.2, 0.25) is 0 Å². The van der Waals surface area contributed by atoms with Gasteiger partial charge in [0, 0.05) is 6.61 Å². The van der Waals surface area contributed by atoms with Crippen LogP contribution in [0.25, 0.3) is 0 Å². The predicted molar refractivity (Wildman–Crippen MR) is 60.2 cm³/mol.